The van der Waals surface area contributed by atoms with Gasteiger partial charge in [-0.25, -0.2) is 4.39 Å². The van der Waals surface area contributed by atoms with E-state index in [-0.39, 0.29) is 10.7 Å². The quantitative estimate of drug-likeness (QED) is 0.677. The molecule has 1 rings (SSSR count). The van der Waals surface area contributed by atoms with Crippen molar-refractivity contribution in [1.82, 2.24) is 0 Å². The van der Waals surface area contributed by atoms with Crippen LogP contribution >= 0.6 is 23.2 Å². The number of rotatable bonds is 1. The van der Waals surface area contributed by atoms with Gasteiger partial charge in [0.2, 0.25) is 0 Å². The molecule has 0 aliphatic heterocycles. The minimum Gasteiger partial charge on any atom is -0.384 e. The van der Waals surface area contributed by atoms with Crippen molar-refractivity contribution in [3.05, 3.63) is 28.0 Å². The zero-order valence-corrected chi connectivity index (χ0v) is 7.30. The summed E-state index contributed by atoms with van der Waals surface area (Å²) in [6, 6.07) is 2.96. The van der Waals surface area contributed by atoms with E-state index in [1.54, 1.807) is 13.1 Å². The van der Waals surface area contributed by atoms with Gasteiger partial charge in [0.15, 0.2) is 5.82 Å². The van der Waals surface area contributed by atoms with Crippen LogP contribution < -0.4 is 5.32 Å². The fraction of sp³-hybridized carbons (Fsp3) is 0.143. The second-order valence-electron chi connectivity index (χ2n) is 1.97. The van der Waals surface area contributed by atoms with Crippen LogP contribution in [0.5, 0.6) is 0 Å². The lowest BCUT2D eigenvalue weighted by Crippen LogP contribution is -1.93. The number of anilines is 1. The standard InChI is InChI=1S/C7H6Cl2FN/c1-11-7-5(9)3-2-4(8)6(7)10/h2-3,11H,1H3. The fourth-order valence-electron chi connectivity index (χ4n) is 0.756. The smallest absolute Gasteiger partial charge is 0.166 e. The topological polar surface area (TPSA) is 12.0 Å². The van der Waals surface area contributed by atoms with Gasteiger partial charge in [-0.05, 0) is 12.1 Å². The Morgan fingerprint density at radius 3 is 2.27 bits per heavy atom. The lowest BCUT2D eigenvalue weighted by Gasteiger charge is -2.04. The summed E-state index contributed by atoms with van der Waals surface area (Å²) in [7, 11) is 1.58. The molecule has 0 saturated heterocycles. The van der Waals surface area contributed by atoms with Gasteiger partial charge in [0.05, 0.1) is 15.7 Å². The van der Waals surface area contributed by atoms with Gasteiger partial charge in [0, 0.05) is 7.05 Å². The predicted molar refractivity (Wildman–Crippen MR) is 46.0 cm³/mol. The highest BCUT2D eigenvalue weighted by Crippen LogP contribution is 2.29. The maximum Gasteiger partial charge on any atom is 0.166 e. The Bertz CT molecular complexity index is 275. The lowest BCUT2D eigenvalue weighted by atomic mass is 10.3. The SMILES string of the molecule is CNc1c(Cl)ccc(Cl)c1F. The predicted octanol–water partition coefficient (Wildman–Crippen LogP) is 3.17. The normalized spacial score (nSPS) is 9.82. The third kappa shape index (κ3) is 1.57. The van der Waals surface area contributed by atoms with Crippen LogP contribution in [0.2, 0.25) is 10.0 Å². The van der Waals surface area contributed by atoms with Crippen LogP contribution in [-0.2, 0) is 0 Å². The van der Waals surface area contributed by atoms with Crippen LogP contribution in [0.25, 0.3) is 0 Å². The fourth-order valence-corrected chi connectivity index (χ4v) is 1.15. The summed E-state index contributed by atoms with van der Waals surface area (Å²) in [4.78, 5) is 0. The number of hydrogen-bond donors (Lipinski definition) is 1. The van der Waals surface area contributed by atoms with Crippen LogP contribution in [0.3, 0.4) is 0 Å². The minimum atomic E-state index is -0.512. The van der Waals surface area contributed by atoms with E-state index in [1.165, 1.54) is 6.07 Å². The van der Waals surface area contributed by atoms with Crippen LogP contribution in [-0.4, -0.2) is 7.05 Å². The van der Waals surface area contributed by atoms with E-state index in [2.05, 4.69) is 5.32 Å². The molecule has 1 N–H and O–H groups in total. The van der Waals surface area contributed by atoms with E-state index in [9.17, 15) is 4.39 Å². The summed E-state index contributed by atoms with van der Waals surface area (Å²) < 4.78 is 13.0. The molecule has 0 unspecified atom stereocenters. The molecule has 0 heterocycles. The molecule has 60 valence electrons. The first-order chi connectivity index (χ1) is 5.16. The van der Waals surface area contributed by atoms with E-state index in [4.69, 9.17) is 23.2 Å². The summed E-state index contributed by atoms with van der Waals surface area (Å²) in [5.74, 6) is -0.512. The summed E-state index contributed by atoms with van der Waals surface area (Å²) >= 11 is 11.1. The average Bonchev–Trinajstić information content (AvgIpc) is 1.99. The molecule has 0 radical (unpaired) electrons. The Labute approximate surface area is 74.1 Å². The third-order valence-corrected chi connectivity index (χ3v) is 1.90. The monoisotopic (exact) mass is 193 g/mol. The van der Waals surface area contributed by atoms with Crippen molar-refractivity contribution >= 4 is 28.9 Å². The maximum absolute atomic E-state index is 13.0. The second-order valence-corrected chi connectivity index (χ2v) is 2.78. The van der Waals surface area contributed by atoms with Crippen molar-refractivity contribution in [3.8, 4) is 0 Å². The molecule has 0 aliphatic rings. The van der Waals surface area contributed by atoms with Crippen molar-refractivity contribution in [2.75, 3.05) is 12.4 Å². The van der Waals surface area contributed by atoms with Crippen molar-refractivity contribution < 1.29 is 4.39 Å². The van der Waals surface area contributed by atoms with Crippen LogP contribution in [0.1, 0.15) is 0 Å². The highest BCUT2D eigenvalue weighted by molar-refractivity contribution is 6.35. The van der Waals surface area contributed by atoms with Gasteiger partial charge in [0.25, 0.3) is 0 Å². The summed E-state index contributed by atoms with van der Waals surface area (Å²) in [6.07, 6.45) is 0. The van der Waals surface area contributed by atoms with Gasteiger partial charge < -0.3 is 5.32 Å². The van der Waals surface area contributed by atoms with Crippen molar-refractivity contribution in [3.63, 3.8) is 0 Å². The highest BCUT2D eigenvalue weighted by Gasteiger charge is 2.08. The van der Waals surface area contributed by atoms with Gasteiger partial charge in [-0.2, -0.15) is 0 Å². The van der Waals surface area contributed by atoms with Gasteiger partial charge in [-0.3, -0.25) is 0 Å². The first-order valence-corrected chi connectivity index (χ1v) is 3.73. The third-order valence-electron chi connectivity index (χ3n) is 1.29. The van der Waals surface area contributed by atoms with Gasteiger partial charge in [-0.15, -0.1) is 0 Å². The minimum absolute atomic E-state index is 0.0683. The van der Waals surface area contributed by atoms with E-state index >= 15 is 0 Å². The number of nitrogens with one attached hydrogen (secondary N) is 1. The summed E-state index contributed by atoms with van der Waals surface area (Å²) in [5, 5.41) is 3.01. The van der Waals surface area contributed by atoms with Gasteiger partial charge in [-0.1, -0.05) is 23.2 Å². The largest absolute Gasteiger partial charge is 0.384 e. The molecule has 0 spiro atoms. The molecule has 1 aromatic carbocycles. The zero-order valence-electron chi connectivity index (χ0n) is 5.79. The molecule has 0 saturated carbocycles. The first-order valence-electron chi connectivity index (χ1n) is 2.98. The number of benzene rings is 1. The Kier molecular flexibility index (Phi) is 2.58. The number of halogens is 3. The van der Waals surface area contributed by atoms with Crippen molar-refractivity contribution in [2.24, 2.45) is 0 Å². The van der Waals surface area contributed by atoms with E-state index in [0.717, 1.165) is 0 Å². The van der Waals surface area contributed by atoms with Crippen LogP contribution in [0, 0.1) is 5.82 Å². The molecule has 11 heavy (non-hydrogen) atoms. The number of hydrogen-bond acceptors (Lipinski definition) is 1. The Morgan fingerprint density at radius 2 is 1.82 bits per heavy atom. The zero-order chi connectivity index (χ0) is 8.43. The molecule has 4 heteroatoms. The Balaban J connectivity index is 3.29. The molecule has 1 aromatic rings. The molecule has 1 nitrogen and oxygen atoms in total. The van der Waals surface area contributed by atoms with Gasteiger partial charge in [0.1, 0.15) is 0 Å². The Hall–Kier alpha value is -0.470. The lowest BCUT2D eigenvalue weighted by molar-refractivity contribution is 0.632. The molecular weight excluding hydrogens is 188 g/mol. The van der Waals surface area contributed by atoms with Crippen molar-refractivity contribution in [1.29, 1.82) is 0 Å². The maximum atomic E-state index is 13.0. The molecule has 0 fully saturated rings. The van der Waals surface area contributed by atoms with E-state index in [0.29, 0.717) is 5.02 Å². The molecule has 0 bridgehead atoms. The summed E-state index contributed by atoms with van der Waals surface area (Å²) in [6.45, 7) is 0. The van der Waals surface area contributed by atoms with Crippen molar-refractivity contribution in [2.45, 2.75) is 0 Å². The Morgan fingerprint density at radius 1 is 1.27 bits per heavy atom. The molecule has 0 amide bonds. The molecular formula is C7H6Cl2FN. The molecule has 0 atom stereocenters. The highest BCUT2D eigenvalue weighted by atomic mass is 35.5. The van der Waals surface area contributed by atoms with Crippen LogP contribution in [0.4, 0.5) is 10.1 Å². The van der Waals surface area contributed by atoms with Crippen LogP contribution in [0.15, 0.2) is 12.1 Å². The summed E-state index contributed by atoms with van der Waals surface area (Å²) in [5.41, 5.74) is 0.235. The average molecular weight is 194 g/mol. The van der Waals surface area contributed by atoms with E-state index < -0.39 is 5.82 Å². The first kappa shape index (κ1) is 8.62. The van der Waals surface area contributed by atoms with E-state index in [1.807, 2.05) is 0 Å². The van der Waals surface area contributed by atoms with Gasteiger partial charge >= 0.3 is 0 Å². The second kappa shape index (κ2) is 3.28. The molecule has 0 aromatic heterocycles. The molecule has 0 aliphatic carbocycles.